The van der Waals surface area contributed by atoms with Gasteiger partial charge in [-0.25, -0.2) is 8.78 Å². The van der Waals surface area contributed by atoms with Gasteiger partial charge in [0.15, 0.2) is 5.76 Å². The van der Waals surface area contributed by atoms with Crippen LogP contribution in [-0.2, 0) is 14.2 Å². The Balaban J connectivity index is 1.66. The van der Waals surface area contributed by atoms with Gasteiger partial charge in [-0.2, -0.15) is 0 Å². The quantitative estimate of drug-likeness (QED) is 0.294. The summed E-state index contributed by atoms with van der Waals surface area (Å²) in [6.45, 7) is 0.406. The number of alkyl halides is 2. The maximum Gasteiger partial charge on any atom is 0.285 e. The van der Waals surface area contributed by atoms with Crippen LogP contribution in [0.5, 0.6) is 0 Å². The zero-order valence-electron chi connectivity index (χ0n) is 19.0. The molecule has 0 aromatic heterocycles. The molecule has 4 aliphatic rings. The van der Waals surface area contributed by atoms with Gasteiger partial charge in [-0.1, -0.05) is 30.4 Å². The van der Waals surface area contributed by atoms with Gasteiger partial charge in [-0.15, -0.1) is 23.2 Å². The van der Waals surface area contributed by atoms with E-state index in [1.165, 1.54) is 18.4 Å². The molecule has 5 atom stereocenters. The third-order valence-electron chi connectivity index (χ3n) is 6.63. The van der Waals surface area contributed by atoms with Crippen molar-refractivity contribution >= 4 is 23.2 Å². The minimum absolute atomic E-state index is 0.0134. The fourth-order valence-corrected chi connectivity index (χ4v) is 5.52. The smallest absolute Gasteiger partial charge is 0.285 e. The maximum absolute atomic E-state index is 14.2. The number of benzene rings is 1. The number of rotatable bonds is 5. The van der Waals surface area contributed by atoms with E-state index in [1.807, 2.05) is 24.3 Å². The largest absolute Gasteiger partial charge is 0.485 e. The van der Waals surface area contributed by atoms with Crippen molar-refractivity contribution in [2.45, 2.75) is 42.5 Å². The molecule has 0 bridgehead atoms. The van der Waals surface area contributed by atoms with Crippen LogP contribution in [0.4, 0.5) is 8.78 Å². The van der Waals surface area contributed by atoms with Crippen LogP contribution in [0.25, 0.3) is 0 Å². The van der Waals surface area contributed by atoms with E-state index in [0.29, 0.717) is 30.3 Å². The van der Waals surface area contributed by atoms with Gasteiger partial charge in [0.25, 0.3) is 5.95 Å². The molecule has 2 aliphatic carbocycles. The van der Waals surface area contributed by atoms with E-state index in [4.69, 9.17) is 37.4 Å². The lowest BCUT2D eigenvalue weighted by atomic mass is 9.75. The Morgan fingerprint density at radius 3 is 2.49 bits per heavy atom. The number of hydrogen-bond donors (Lipinski definition) is 0. The van der Waals surface area contributed by atoms with Crippen molar-refractivity contribution < 1.29 is 23.0 Å². The molecule has 0 N–H and O–H groups in total. The van der Waals surface area contributed by atoms with E-state index in [1.54, 1.807) is 6.08 Å². The molecule has 7 heteroatoms. The summed E-state index contributed by atoms with van der Waals surface area (Å²) < 4.78 is 46.5. The van der Waals surface area contributed by atoms with Crippen molar-refractivity contribution in [2.24, 2.45) is 11.8 Å². The van der Waals surface area contributed by atoms with Crippen LogP contribution in [0.15, 0.2) is 89.8 Å². The van der Waals surface area contributed by atoms with Crippen molar-refractivity contribution in [1.29, 1.82) is 0 Å². The molecule has 2 heterocycles. The summed E-state index contributed by atoms with van der Waals surface area (Å²) in [5, 5.41) is -0.549. The second-order valence-electron chi connectivity index (χ2n) is 9.05. The predicted molar refractivity (Wildman–Crippen MR) is 133 cm³/mol. The monoisotopic (exact) mass is 518 g/mol. The summed E-state index contributed by atoms with van der Waals surface area (Å²) in [6.07, 6.45) is 18.1. The summed E-state index contributed by atoms with van der Waals surface area (Å²) in [7, 11) is 0. The van der Waals surface area contributed by atoms with E-state index in [2.05, 4.69) is 12.2 Å². The van der Waals surface area contributed by atoms with Crippen molar-refractivity contribution in [3.63, 3.8) is 0 Å². The Morgan fingerprint density at radius 1 is 0.971 bits per heavy atom. The van der Waals surface area contributed by atoms with E-state index >= 15 is 0 Å². The minimum Gasteiger partial charge on any atom is -0.485 e. The topological polar surface area (TPSA) is 27.7 Å². The molecule has 4 unspecified atom stereocenters. The molecule has 0 fully saturated rings. The van der Waals surface area contributed by atoms with Crippen LogP contribution in [0.2, 0.25) is 0 Å². The highest BCUT2D eigenvalue weighted by Gasteiger charge is 2.38. The van der Waals surface area contributed by atoms with Gasteiger partial charge in [0.2, 0.25) is 0 Å². The van der Waals surface area contributed by atoms with Gasteiger partial charge in [-0.3, -0.25) is 0 Å². The number of allylic oxidation sites excluding steroid dienone is 7. The highest BCUT2D eigenvalue weighted by molar-refractivity contribution is 6.31. The molecule has 5 rings (SSSR count). The van der Waals surface area contributed by atoms with Crippen LogP contribution in [0.3, 0.4) is 0 Å². The van der Waals surface area contributed by atoms with Gasteiger partial charge in [0.05, 0.1) is 10.8 Å². The molecular weight excluding hydrogens is 493 g/mol. The normalized spacial score (nSPS) is 30.3. The first-order chi connectivity index (χ1) is 17.0. The summed E-state index contributed by atoms with van der Waals surface area (Å²) in [5.41, 5.74) is 2.23. The van der Waals surface area contributed by atoms with Crippen LogP contribution < -0.4 is 0 Å². The summed E-state index contributed by atoms with van der Waals surface area (Å²) in [5.74, 6) is -0.546. The first-order valence-corrected chi connectivity index (χ1v) is 12.7. The molecule has 35 heavy (non-hydrogen) atoms. The zero-order valence-corrected chi connectivity index (χ0v) is 20.5. The second kappa shape index (κ2) is 10.6. The first kappa shape index (κ1) is 24.2. The number of ether oxygens (including phenoxy) is 3. The SMILES string of the molecule is Fc1cc(F)cc(C2OC=C(OC3=CC=CCO3)C(C3C=C[C@H](Cl)C(Cl)C3)=C2C2C=CCCC2)c1. The molecule has 2 aliphatic heterocycles. The predicted octanol–water partition coefficient (Wildman–Crippen LogP) is 7.77. The Kier molecular flexibility index (Phi) is 7.35. The molecule has 184 valence electrons. The molecule has 1 aromatic carbocycles. The highest BCUT2D eigenvalue weighted by atomic mass is 35.5. The number of halogens is 4. The third kappa shape index (κ3) is 5.36. The van der Waals surface area contributed by atoms with Crippen LogP contribution in [-0.4, -0.2) is 17.4 Å². The lowest BCUT2D eigenvalue weighted by molar-refractivity contribution is 0.0664. The van der Waals surface area contributed by atoms with Gasteiger partial charge >= 0.3 is 0 Å². The van der Waals surface area contributed by atoms with Crippen LogP contribution >= 0.6 is 23.2 Å². The first-order valence-electron chi connectivity index (χ1n) is 11.9. The van der Waals surface area contributed by atoms with E-state index in [9.17, 15) is 8.78 Å². The average Bonchev–Trinajstić information content (AvgIpc) is 2.86. The molecule has 0 amide bonds. The van der Waals surface area contributed by atoms with Gasteiger partial charge < -0.3 is 14.2 Å². The van der Waals surface area contributed by atoms with Gasteiger partial charge in [0.1, 0.15) is 30.6 Å². The molecule has 0 spiro atoms. The van der Waals surface area contributed by atoms with E-state index in [0.717, 1.165) is 36.5 Å². The molecule has 0 saturated heterocycles. The standard InChI is InChI=1S/C28H26Cl2F2O3/c29-22-10-9-18(14-23(22)30)26-24(35-25-8-4-5-11-33-25)16-34-28(19-12-20(31)15-21(32)13-19)27(26)17-6-2-1-3-7-17/h2,4-6,8-10,12-13,15-18,22-23,28H,1,3,7,11,14H2/t17?,18?,22-,23?,28?/m0/s1. The van der Waals surface area contributed by atoms with Crippen molar-refractivity contribution in [2.75, 3.05) is 6.61 Å². The Morgan fingerprint density at radius 2 is 1.80 bits per heavy atom. The second-order valence-corrected chi connectivity index (χ2v) is 10.1. The van der Waals surface area contributed by atoms with Crippen molar-refractivity contribution in [3.8, 4) is 0 Å². The summed E-state index contributed by atoms with van der Waals surface area (Å²) in [6, 6.07) is 3.51. The highest BCUT2D eigenvalue weighted by Crippen LogP contribution is 2.48. The Bertz CT molecular complexity index is 1130. The minimum atomic E-state index is -0.674. The maximum atomic E-state index is 14.2. The van der Waals surface area contributed by atoms with E-state index in [-0.39, 0.29) is 22.6 Å². The molecule has 3 nitrogen and oxygen atoms in total. The number of hydrogen-bond acceptors (Lipinski definition) is 3. The van der Waals surface area contributed by atoms with Crippen LogP contribution in [0.1, 0.15) is 37.4 Å². The van der Waals surface area contributed by atoms with Crippen molar-refractivity contribution in [1.82, 2.24) is 0 Å². The lowest BCUT2D eigenvalue weighted by Crippen LogP contribution is -2.28. The fraction of sp³-hybridized carbons (Fsp3) is 0.357. The third-order valence-corrected chi connectivity index (χ3v) is 7.66. The molecular formula is C28H26Cl2F2O3. The van der Waals surface area contributed by atoms with Crippen molar-refractivity contribution in [3.05, 3.63) is 107 Å². The molecule has 0 saturated carbocycles. The van der Waals surface area contributed by atoms with Gasteiger partial charge in [-0.05, 0) is 49.5 Å². The molecule has 0 radical (unpaired) electrons. The fourth-order valence-electron chi connectivity index (χ4n) is 5.05. The van der Waals surface area contributed by atoms with E-state index < -0.39 is 17.7 Å². The Hall–Kier alpha value is -2.50. The summed E-state index contributed by atoms with van der Waals surface area (Å²) in [4.78, 5) is 0. The molecule has 1 aromatic rings. The summed E-state index contributed by atoms with van der Waals surface area (Å²) >= 11 is 13.0. The lowest BCUT2D eigenvalue weighted by Gasteiger charge is -2.37. The van der Waals surface area contributed by atoms with Crippen LogP contribution in [0, 0.1) is 23.5 Å². The average molecular weight is 519 g/mol. The zero-order chi connectivity index (χ0) is 24.4. The Labute approximate surface area is 214 Å². The van der Waals surface area contributed by atoms with Gasteiger partial charge in [0, 0.05) is 35.1 Å².